The van der Waals surface area contributed by atoms with Crippen LogP contribution in [0.4, 0.5) is 5.69 Å². The number of hydrogen-bond acceptors (Lipinski definition) is 5. The lowest BCUT2D eigenvalue weighted by atomic mass is 10.2. The fourth-order valence-corrected chi connectivity index (χ4v) is 5.66. The van der Waals surface area contributed by atoms with Gasteiger partial charge in [0.1, 0.15) is 0 Å². The van der Waals surface area contributed by atoms with Crippen LogP contribution < -0.4 is 5.32 Å². The summed E-state index contributed by atoms with van der Waals surface area (Å²) < 4.78 is 49.8. The molecule has 0 radical (unpaired) electrons. The van der Waals surface area contributed by atoms with Crippen LogP contribution in [0.15, 0.2) is 23.1 Å². The maximum absolute atomic E-state index is 12.7. The molecule has 6 nitrogen and oxygen atoms in total. The fraction of sp³-hybridized carbons (Fsp3) is 0.538. The average molecular weight is 330 g/mol. The lowest BCUT2D eigenvalue weighted by Gasteiger charge is -2.19. The third-order valence-corrected chi connectivity index (χ3v) is 7.55. The molecule has 0 spiro atoms. The van der Waals surface area contributed by atoms with Crippen molar-refractivity contribution in [3.63, 3.8) is 0 Å². The van der Waals surface area contributed by atoms with Crippen molar-refractivity contribution in [1.29, 1.82) is 0 Å². The van der Waals surface area contributed by atoms with Gasteiger partial charge in [-0.15, -0.1) is 0 Å². The van der Waals surface area contributed by atoms with Crippen molar-refractivity contribution >= 4 is 25.5 Å². The van der Waals surface area contributed by atoms with Crippen molar-refractivity contribution in [2.24, 2.45) is 0 Å². The molecule has 8 heteroatoms. The molecule has 0 amide bonds. The van der Waals surface area contributed by atoms with Crippen LogP contribution in [0.2, 0.25) is 0 Å². The molecule has 21 heavy (non-hydrogen) atoms. The van der Waals surface area contributed by atoms with E-state index < -0.39 is 19.9 Å². The third-order valence-electron chi connectivity index (χ3n) is 3.94. The number of anilines is 1. The second kappa shape index (κ2) is 5.26. The van der Waals surface area contributed by atoms with Crippen LogP contribution in [0.5, 0.6) is 0 Å². The first kappa shape index (κ1) is 14.8. The molecule has 3 rings (SSSR count). The SMILES string of the molecule is O=S1(=O)CCCN(S(=O)(=O)c2ccc3c(c2)CCN3)CC1. The Hall–Kier alpha value is -1.12. The Bertz CT molecular complexity index is 756. The van der Waals surface area contributed by atoms with Gasteiger partial charge in [0.05, 0.1) is 16.4 Å². The van der Waals surface area contributed by atoms with E-state index in [1.54, 1.807) is 18.2 Å². The predicted octanol–water partition coefficient (Wildman–Crippen LogP) is 0.464. The number of sulfonamides is 1. The number of nitrogens with zero attached hydrogens (tertiary/aromatic N) is 1. The van der Waals surface area contributed by atoms with E-state index in [4.69, 9.17) is 0 Å². The summed E-state index contributed by atoms with van der Waals surface area (Å²) in [5.74, 6) is -0.0359. The molecule has 0 aliphatic carbocycles. The maximum atomic E-state index is 12.7. The molecule has 1 aromatic carbocycles. The van der Waals surface area contributed by atoms with Crippen LogP contribution in [-0.2, 0) is 26.3 Å². The maximum Gasteiger partial charge on any atom is 0.243 e. The van der Waals surface area contributed by atoms with E-state index in [-0.39, 0.29) is 29.5 Å². The van der Waals surface area contributed by atoms with Gasteiger partial charge in [-0.05, 0) is 36.6 Å². The van der Waals surface area contributed by atoms with Crippen LogP contribution >= 0.6 is 0 Å². The quantitative estimate of drug-likeness (QED) is 0.852. The van der Waals surface area contributed by atoms with Gasteiger partial charge in [0.25, 0.3) is 0 Å². The van der Waals surface area contributed by atoms with Crippen molar-refractivity contribution in [3.8, 4) is 0 Å². The van der Waals surface area contributed by atoms with Crippen molar-refractivity contribution in [3.05, 3.63) is 23.8 Å². The van der Waals surface area contributed by atoms with Gasteiger partial charge in [0, 0.05) is 25.3 Å². The molecular weight excluding hydrogens is 312 g/mol. The Morgan fingerprint density at radius 3 is 2.76 bits per heavy atom. The highest BCUT2D eigenvalue weighted by atomic mass is 32.2. The summed E-state index contributed by atoms with van der Waals surface area (Å²) in [7, 11) is -6.74. The molecular formula is C13H18N2O4S2. The summed E-state index contributed by atoms with van der Waals surface area (Å²) in [4.78, 5) is 0.254. The fourth-order valence-electron chi connectivity index (χ4n) is 2.75. The van der Waals surface area contributed by atoms with Gasteiger partial charge in [-0.25, -0.2) is 16.8 Å². The number of benzene rings is 1. The van der Waals surface area contributed by atoms with Crippen LogP contribution in [0.3, 0.4) is 0 Å². The number of rotatable bonds is 2. The topological polar surface area (TPSA) is 83.6 Å². The first-order valence-corrected chi connectivity index (χ1v) is 10.2. The van der Waals surface area contributed by atoms with E-state index in [1.807, 2.05) is 0 Å². The summed E-state index contributed by atoms with van der Waals surface area (Å²) >= 11 is 0. The highest BCUT2D eigenvalue weighted by molar-refractivity contribution is 7.91. The Morgan fingerprint density at radius 2 is 1.95 bits per heavy atom. The number of sulfone groups is 1. The van der Waals surface area contributed by atoms with Crippen molar-refractivity contribution in [1.82, 2.24) is 4.31 Å². The molecule has 0 aromatic heterocycles. The standard InChI is InChI=1S/C13H18N2O4S2/c16-20(17)8-1-6-15(7-9-20)21(18,19)12-2-3-13-11(10-12)4-5-14-13/h2-3,10,14H,1,4-9H2. The van der Waals surface area contributed by atoms with Gasteiger partial charge in [0.15, 0.2) is 9.84 Å². The minimum atomic E-state index is -3.62. The van der Waals surface area contributed by atoms with Crippen molar-refractivity contribution in [2.75, 3.05) is 36.5 Å². The smallest absolute Gasteiger partial charge is 0.243 e. The third kappa shape index (κ3) is 2.93. The zero-order chi connectivity index (χ0) is 15.1. The van der Waals surface area contributed by atoms with Crippen molar-refractivity contribution < 1.29 is 16.8 Å². The molecule has 1 N–H and O–H groups in total. The molecule has 0 saturated carbocycles. The van der Waals surface area contributed by atoms with Crippen LogP contribution in [0.1, 0.15) is 12.0 Å². The number of nitrogens with one attached hydrogen (secondary N) is 1. The molecule has 2 aliphatic rings. The van der Waals surface area contributed by atoms with Gasteiger partial charge in [-0.3, -0.25) is 0 Å². The Balaban J connectivity index is 1.90. The number of hydrogen-bond donors (Lipinski definition) is 1. The van der Waals surface area contributed by atoms with Gasteiger partial charge in [-0.1, -0.05) is 0 Å². The van der Waals surface area contributed by atoms with E-state index in [1.165, 1.54) is 4.31 Å². The Kier molecular flexibility index (Phi) is 3.71. The molecule has 2 heterocycles. The Morgan fingerprint density at radius 1 is 1.14 bits per heavy atom. The summed E-state index contributed by atoms with van der Waals surface area (Å²) in [5.41, 5.74) is 1.98. The summed E-state index contributed by atoms with van der Waals surface area (Å²) in [6.07, 6.45) is 1.17. The first-order chi connectivity index (χ1) is 9.88. The van der Waals surface area contributed by atoms with Gasteiger partial charge in [0.2, 0.25) is 10.0 Å². The minimum absolute atomic E-state index is 0.0417. The second-order valence-electron chi connectivity index (χ2n) is 5.41. The van der Waals surface area contributed by atoms with E-state index >= 15 is 0 Å². The summed E-state index contributed by atoms with van der Waals surface area (Å²) in [5, 5.41) is 3.19. The predicted molar refractivity (Wildman–Crippen MR) is 80.7 cm³/mol. The van der Waals surface area contributed by atoms with E-state index in [0.29, 0.717) is 6.42 Å². The summed E-state index contributed by atoms with van der Waals surface area (Å²) in [6.45, 7) is 1.12. The first-order valence-electron chi connectivity index (χ1n) is 6.96. The average Bonchev–Trinajstić information content (AvgIpc) is 2.81. The van der Waals surface area contributed by atoms with Crippen LogP contribution in [0.25, 0.3) is 0 Å². The minimum Gasteiger partial charge on any atom is -0.384 e. The molecule has 2 aliphatic heterocycles. The lowest BCUT2D eigenvalue weighted by molar-refractivity contribution is 0.434. The molecule has 0 unspecified atom stereocenters. The normalized spacial score (nSPS) is 22.3. The lowest BCUT2D eigenvalue weighted by Crippen LogP contribution is -2.33. The molecule has 0 atom stereocenters. The second-order valence-corrected chi connectivity index (χ2v) is 9.65. The van der Waals surface area contributed by atoms with E-state index in [2.05, 4.69) is 5.32 Å². The number of fused-ring (bicyclic) bond motifs is 1. The molecule has 116 valence electrons. The van der Waals surface area contributed by atoms with Gasteiger partial charge >= 0.3 is 0 Å². The van der Waals surface area contributed by atoms with Crippen LogP contribution in [-0.4, -0.2) is 52.3 Å². The van der Waals surface area contributed by atoms with Gasteiger partial charge < -0.3 is 5.32 Å². The molecule has 1 aromatic rings. The van der Waals surface area contributed by atoms with Crippen LogP contribution in [0, 0.1) is 0 Å². The molecule has 0 bridgehead atoms. The monoisotopic (exact) mass is 330 g/mol. The van der Waals surface area contributed by atoms with Gasteiger partial charge in [-0.2, -0.15) is 4.31 Å². The largest absolute Gasteiger partial charge is 0.384 e. The zero-order valence-electron chi connectivity index (χ0n) is 11.6. The highest BCUT2D eigenvalue weighted by Crippen LogP contribution is 2.27. The molecule has 1 fully saturated rings. The Labute approximate surface area is 125 Å². The summed E-state index contributed by atoms with van der Waals surface area (Å²) in [6, 6.07) is 5.07. The molecule has 1 saturated heterocycles. The van der Waals surface area contributed by atoms with Crippen molar-refractivity contribution in [2.45, 2.75) is 17.7 Å². The van der Waals surface area contributed by atoms with E-state index in [9.17, 15) is 16.8 Å². The highest BCUT2D eigenvalue weighted by Gasteiger charge is 2.29. The zero-order valence-corrected chi connectivity index (χ0v) is 13.2. The van der Waals surface area contributed by atoms with E-state index in [0.717, 1.165) is 24.2 Å².